The Morgan fingerprint density at radius 1 is 0.373 bits per heavy atom. The minimum absolute atomic E-state index is 0.0883. The molecule has 0 aliphatic carbocycles. The molecule has 14 atom stereocenters. The summed E-state index contributed by atoms with van der Waals surface area (Å²) in [5.74, 6) is -4.53. The van der Waals surface area contributed by atoms with E-state index in [4.69, 9.17) is 37.5 Å². The van der Waals surface area contributed by atoms with Gasteiger partial charge in [-0.1, -0.05) is 324 Å². The highest BCUT2D eigenvalue weighted by Crippen LogP contribution is 2.44. The summed E-state index contributed by atoms with van der Waals surface area (Å²) >= 11 is 0. The number of hydrogen-bond acceptors (Lipinski definition) is 20. The molecule has 2 heterocycles. The zero-order valence-corrected chi connectivity index (χ0v) is 70.4. The Bertz CT molecular complexity index is 2410. The third kappa shape index (κ3) is 52.8. The van der Waals surface area contributed by atoms with Gasteiger partial charge in [-0.2, -0.15) is 0 Å². The Balaban J connectivity index is 2.67. The van der Waals surface area contributed by atoms with E-state index in [2.05, 4.69) is 45.3 Å². The zero-order valence-electron chi connectivity index (χ0n) is 68.6. The molecule has 0 bridgehead atoms. The van der Waals surface area contributed by atoms with Gasteiger partial charge < -0.3 is 84.2 Å². The molecule has 26 nitrogen and oxygen atoms in total. The first-order chi connectivity index (χ1) is 52.9. The molecule has 0 aromatic heterocycles. The number of carbonyl (C=O) groups excluding carboxylic acids is 5. The highest BCUT2D eigenvalue weighted by atomic mass is 31.2. The fourth-order valence-electron chi connectivity index (χ4n) is 14.7. The zero-order chi connectivity index (χ0) is 81.1. The van der Waals surface area contributed by atoms with E-state index >= 15 is 0 Å². The number of nitrogens with one attached hydrogen (secondary N) is 2. The molecule has 2 saturated heterocycles. The van der Waals surface area contributed by atoms with Crippen molar-refractivity contribution in [1.29, 1.82) is 0 Å². The van der Waals surface area contributed by atoms with Gasteiger partial charge in [0.1, 0.15) is 42.6 Å². The standard InChI is InChI=1S/C82H156N2O24P2/c1-6-11-16-21-26-31-32-37-42-47-52-57-72(91)102-67(56-51-46-41-36-30-25-20-15-10-5)61-74(93)106-80-76(84-71(90)59-65(87)54-49-44-39-34-28-23-18-13-8-3)81(103-68(62-85)78(80)107-109(95,96)97)101-63-69-77(94)79(105-73(92)60-66(88)55-50-45-40-35-29-24-19-14-9-4)75(82(104-69)108-110(98,99)100)83-70(89)58-64(86)53-48-43-38-33-27-22-17-12-7-2/h64-69,75-82,85-88,94H,6-63H2,1-5H3,(H,83,89)(H,84,90)(H2,95,96,97)(H2,98,99,100). The number of esters is 3. The number of unbranched alkanes of at least 4 members (excludes halogenated alkanes) is 42. The Hall–Kier alpha value is -2.75. The molecule has 2 amide bonds. The summed E-state index contributed by atoms with van der Waals surface area (Å²) in [5, 5.41) is 62.1. The lowest BCUT2D eigenvalue weighted by atomic mass is 9.95. The van der Waals surface area contributed by atoms with E-state index in [0.29, 0.717) is 32.1 Å². The van der Waals surface area contributed by atoms with E-state index in [-0.39, 0.29) is 32.1 Å². The van der Waals surface area contributed by atoms with Crippen LogP contribution in [0.5, 0.6) is 0 Å². The molecule has 11 N–H and O–H groups in total. The number of aliphatic hydroxyl groups is 5. The number of phosphoric ester groups is 2. The third-order valence-electron chi connectivity index (χ3n) is 21.1. The van der Waals surface area contributed by atoms with Gasteiger partial charge in [-0.3, -0.25) is 33.0 Å². The van der Waals surface area contributed by atoms with Crippen molar-refractivity contribution in [3.05, 3.63) is 0 Å². The number of phosphoric acid groups is 2. The summed E-state index contributed by atoms with van der Waals surface area (Å²) in [4.78, 5) is 112. The van der Waals surface area contributed by atoms with Crippen LogP contribution in [0.25, 0.3) is 0 Å². The van der Waals surface area contributed by atoms with Gasteiger partial charge in [0.05, 0.1) is 57.2 Å². The normalized spacial score (nSPS) is 21.4. The van der Waals surface area contributed by atoms with Crippen molar-refractivity contribution in [3.8, 4) is 0 Å². The quantitative estimate of drug-likeness (QED) is 0.0117. The lowest BCUT2D eigenvalue weighted by molar-refractivity contribution is -0.297. The van der Waals surface area contributed by atoms with Crippen LogP contribution in [-0.2, 0) is 70.6 Å². The van der Waals surface area contributed by atoms with Gasteiger partial charge in [-0.15, -0.1) is 0 Å². The predicted octanol–water partition coefficient (Wildman–Crippen LogP) is 16.1. The van der Waals surface area contributed by atoms with Gasteiger partial charge in [-0.25, -0.2) is 9.13 Å². The average Bonchev–Trinajstić information content (AvgIpc) is 0.769. The monoisotopic (exact) mass is 1620 g/mol. The molecule has 2 fully saturated rings. The molecule has 2 rings (SSSR count). The largest absolute Gasteiger partial charge is 0.472 e. The van der Waals surface area contributed by atoms with Crippen LogP contribution in [0.4, 0.5) is 0 Å². The Morgan fingerprint density at radius 3 is 1.06 bits per heavy atom. The van der Waals surface area contributed by atoms with Crippen molar-refractivity contribution >= 4 is 45.4 Å². The summed E-state index contributed by atoms with van der Waals surface area (Å²) in [6, 6.07) is -3.80. The number of hydrogen-bond donors (Lipinski definition) is 11. The molecule has 648 valence electrons. The first-order valence-electron chi connectivity index (χ1n) is 43.8. The fraction of sp³-hybridized carbons (Fsp3) is 0.939. The molecule has 0 aromatic rings. The van der Waals surface area contributed by atoms with E-state index in [9.17, 15) is 78.2 Å². The SMILES string of the molecule is CCCCCCCCCCCCCC(=O)OC(CCCCCCCCCCC)CC(=O)OC1C(NC(=O)CC(O)CCCCCCCCCCC)C(OCC2OC(OP(=O)(O)O)C(NC(=O)CC(O)CCCCCCCCCCC)C(OC(=O)CC(O)CCCCCCCCCCC)C2O)OC(CO)C1OP(=O)(O)O. The molecular weight excluding hydrogens is 1460 g/mol. The van der Waals surface area contributed by atoms with Gasteiger partial charge in [0.15, 0.2) is 24.8 Å². The smallest absolute Gasteiger partial charge is 0.462 e. The molecule has 0 saturated carbocycles. The van der Waals surface area contributed by atoms with E-state index in [1.165, 1.54) is 64.2 Å². The van der Waals surface area contributed by atoms with Crippen molar-refractivity contribution in [2.45, 2.75) is 480 Å². The highest BCUT2D eigenvalue weighted by molar-refractivity contribution is 7.46. The Labute approximate surface area is 661 Å². The first kappa shape index (κ1) is 103. The number of ether oxygens (including phenoxy) is 6. The minimum atomic E-state index is -5.64. The lowest BCUT2D eigenvalue weighted by Gasteiger charge is -2.47. The summed E-state index contributed by atoms with van der Waals surface area (Å²) < 4.78 is 72.7. The van der Waals surface area contributed by atoms with Crippen molar-refractivity contribution in [2.75, 3.05) is 13.2 Å². The second-order valence-corrected chi connectivity index (χ2v) is 33.9. The lowest BCUT2D eigenvalue weighted by Crippen LogP contribution is -2.68. The molecule has 2 aliphatic heterocycles. The van der Waals surface area contributed by atoms with E-state index in [0.717, 1.165) is 205 Å². The van der Waals surface area contributed by atoms with Gasteiger partial charge in [0, 0.05) is 6.42 Å². The summed E-state index contributed by atoms with van der Waals surface area (Å²) in [6.07, 6.45) is 25.3. The van der Waals surface area contributed by atoms with Crippen LogP contribution in [0.2, 0.25) is 0 Å². The molecule has 0 radical (unpaired) electrons. The van der Waals surface area contributed by atoms with Gasteiger partial charge >= 0.3 is 33.6 Å². The van der Waals surface area contributed by atoms with Crippen LogP contribution in [0.3, 0.4) is 0 Å². The molecule has 2 aliphatic rings. The maximum absolute atomic E-state index is 14.7. The summed E-state index contributed by atoms with van der Waals surface area (Å²) in [5.41, 5.74) is 0. The van der Waals surface area contributed by atoms with Crippen molar-refractivity contribution in [1.82, 2.24) is 10.6 Å². The Kier molecular flexibility index (Phi) is 61.3. The Morgan fingerprint density at radius 2 is 0.691 bits per heavy atom. The topological polar surface area (TPSA) is 399 Å². The number of rotatable bonds is 73. The van der Waals surface area contributed by atoms with Crippen molar-refractivity contribution in [2.24, 2.45) is 0 Å². The van der Waals surface area contributed by atoms with Crippen LogP contribution in [0, 0.1) is 0 Å². The van der Waals surface area contributed by atoms with Crippen LogP contribution >= 0.6 is 15.6 Å². The fourth-order valence-corrected chi connectivity index (χ4v) is 15.7. The molecule has 110 heavy (non-hydrogen) atoms. The van der Waals surface area contributed by atoms with Gasteiger partial charge in [0.2, 0.25) is 11.8 Å². The van der Waals surface area contributed by atoms with Gasteiger partial charge in [0.25, 0.3) is 0 Å². The second-order valence-electron chi connectivity index (χ2n) is 31.5. The van der Waals surface area contributed by atoms with Gasteiger partial charge in [-0.05, 0) is 38.5 Å². The van der Waals surface area contributed by atoms with Crippen LogP contribution < -0.4 is 10.6 Å². The van der Waals surface area contributed by atoms with Crippen molar-refractivity contribution < 1.29 is 116 Å². The van der Waals surface area contributed by atoms with Crippen LogP contribution in [0.1, 0.15) is 394 Å². The molecule has 28 heteroatoms. The third-order valence-corrected chi connectivity index (χ3v) is 22.1. The number of carbonyl (C=O) groups is 5. The van der Waals surface area contributed by atoms with Crippen molar-refractivity contribution in [3.63, 3.8) is 0 Å². The summed E-state index contributed by atoms with van der Waals surface area (Å²) in [7, 11) is -11.3. The average molecular weight is 1620 g/mol. The predicted molar refractivity (Wildman–Crippen MR) is 425 cm³/mol. The maximum atomic E-state index is 14.7. The number of aliphatic hydroxyl groups excluding tert-OH is 5. The minimum Gasteiger partial charge on any atom is -0.462 e. The van der Waals surface area contributed by atoms with Crippen LogP contribution in [-0.4, -0.2) is 174 Å². The van der Waals surface area contributed by atoms with E-state index in [1.54, 1.807) is 0 Å². The summed E-state index contributed by atoms with van der Waals surface area (Å²) in [6.45, 7) is 8.73. The molecule has 14 unspecified atom stereocenters. The first-order valence-corrected chi connectivity index (χ1v) is 46.8. The number of amides is 2. The van der Waals surface area contributed by atoms with Crippen LogP contribution in [0.15, 0.2) is 0 Å². The van der Waals surface area contributed by atoms with E-state index < -0.39 is 170 Å². The highest BCUT2D eigenvalue weighted by Gasteiger charge is 2.55. The molecule has 0 aromatic carbocycles. The second kappa shape index (κ2) is 65.3. The van der Waals surface area contributed by atoms with E-state index in [1.807, 2.05) is 0 Å². The molecule has 0 spiro atoms. The maximum Gasteiger partial charge on any atom is 0.472 e. The molecular formula is C82H156N2O24P2.